The zero-order chi connectivity index (χ0) is 15.9. The zero-order valence-corrected chi connectivity index (χ0v) is 12.4. The van der Waals surface area contributed by atoms with Crippen LogP contribution < -0.4 is 10.1 Å². The summed E-state index contributed by atoms with van der Waals surface area (Å²) in [7, 11) is 1.51. The Kier molecular flexibility index (Phi) is 5.74. The standard InChI is InChI=1S/C15H20N2O5/c1-21-12-4-2-3-11(9-12)14(19)16-13(10-18)15(20)17-5-7-22-8-6-17/h2-4,9,13,18H,5-8,10H2,1H3,(H,16,19). The van der Waals surface area contributed by atoms with Crippen molar-refractivity contribution in [2.75, 3.05) is 40.0 Å². The normalized spacial score (nSPS) is 16.0. The highest BCUT2D eigenvalue weighted by Gasteiger charge is 2.27. The van der Waals surface area contributed by atoms with E-state index in [9.17, 15) is 14.7 Å². The van der Waals surface area contributed by atoms with Crippen molar-refractivity contribution >= 4 is 11.8 Å². The molecule has 1 saturated heterocycles. The molecule has 7 nitrogen and oxygen atoms in total. The minimum atomic E-state index is -0.961. The van der Waals surface area contributed by atoms with E-state index in [1.165, 1.54) is 7.11 Å². The van der Waals surface area contributed by atoms with E-state index in [4.69, 9.17) is 9.47 Å². The van der Waals surface area contributed by atoms with Gasteiger partial charge in [-0.15, -0.1) is 0 Å². The maximum Gasteiger partial charge on any atom is 0.252 e. The summed E-state index contributed by atoms with van der Waals surface area (Å²) in [5.74, 6) is -0.186. The van der Waals surface area contributed by atoms with Crippen LogP contribution in [0.15, 0.2) is 24.3 Å². The lowest BCUT2D eigenvalue weighted by atomic mass is 10.1. The van der Waals surface area contributed by atoms with Crippen LogP contribution in [-0.4, -0.2) is 67.9 Å². The fraction of sp³-hybridized carbons (Fsp3) is 0.467. The molecule has 2 amide bonds. The van der Waals surface area contributed by atoms with E-state index in [0.717, 1.165) is 0 Å². The molecule has 0 aliphatic carbocycles. The number of ether oxygens (including phenoxy) is 2. The Morgan fingerprint density at radius 3 is 2.77 bits per heavy atom. The maximum absolute atomic E-state index is 12.3. The van der Waals surface area contributed by atoms with Crippen LogP contribution in [0, 0.1) is 0 Å². The van der Waals surface area contributed by atoms with Gasteiger partial charge in [-0.3, -0.25) is 9.59 Å². The summed E-state index contributed by atoms with van der Waals surface area (Å²) in [5, 5.41) is 12.0. The van der Waals surface area contributed by atoms with Crippen molar-refractivity contribution in [3.63, 3.8) is 0 Å². The van der Waals surface area contributed by atoms with Crippen molar-refractivity contribution < 1.29 is 24.2 Å². The van der Waals surface area contributed by atoms with Crippen LogP contribution in [0.2, 0.25) is 0 Å². The SMILES string of the molecule is COc1cccc(C(=O)NC(CO)C(=O)N2CCOCC2)c1. The number of amides is 2. The number of hydrogen-bond acceptors (Lipinski definition) is 5. The van der Waals surface area contributed by atoms with E-state index in [1.807, 2.05) is 0 Å². The molecule has 2 N–H and O–H groups in total. The average molecular weight is 308 g/mol. The molecule has 7 heteroatoms. The Morgan fingerprint density at radius 1 is 1.41 bits per heavy atom. The van der Waals surface area contributed by atoms with Gasteiger partial charge in [-0.1, -0.05) is 6.07 Å². The lowest BCUT2D eigenvalue weighted by Gasteiger charge is -2.30. The lowest BCUT2D eigenvalue weighted by Crippen LogP contribution is -2.53. The van der Waals surface area contributed by atoms with Crippen molar-refractivity contribution in [3.8, 4) is 5.75 Å². The topological polar surface area (TPSA) is 88.1 Å². The smallest absolute Gasteiger partial charge is 0.252 e. The molecule has 1 aromatic carbocycles. The average Bonchev–Trinajstić information content (AvgIpc) is 2.59. The van der Waals surface area contributed by atoms with Crippen LogP contribution in [0.5, 0.6) is 5.75 Å². The molecule has 0 spiro atoms. The minimum absolute atomic E-state index is 0.304. The highest BCUT2D eigenvalue weighted by molar-refractivity contribution is 5.97. The molecule has 0 bridgehead atoms. The van der Waals surface area contributed by atoms with Crippen LogP contribution in [0.25, 0.3) is 0 Å². The molecule has 0 aromatic heterocycles. The number of carbonyl (C=O) groups is 2. The van der Waals surface area contributed by atoms with Crippen LogP contribution >= 0.6 is 0 Å². The first kappa shape index (κ1) is 16.3. The Morgan fingerprint density at radius 2 is 2.14 bits per heavy atom. The summed E-state index contributed by atoms with van der Waals surface area (Å²) in [4.78, 5) is 26.1. The van der Waals surface area contributed by atoms with Gasteiger partial charge in [0.25, 0.3) is 5.91 Å². The van der Waals surface area contributed by atoms with Gasteiger partial charge in [0, 0.05) is 18.7 Å². The minimum Gasteiger partial charge on any atom is -0.497 e. The fourth-order valence-corrected chi connectivity index (χ4v) is 2.20. The highest BCUT2D eigenvalue weighted by atomic mass is 16.5. The van der Waals surface area contributed by atoms with Gasteiger partial charge in [0.2, 0.25) is 5.91 Å². The number of benzene rings is 1. The third-order valence-electron chi connectivity index (χ3n) is 3.44. The number of morpholine rings is 1. The summed E-state index contributed by atoms with van der Waals surface area (Å²) in [6, 6.07) is 5.64. The van der Waals surface area contributed by atoms with Gasteiger partial charge in [0.15, 0.2) is 0 Å². The van der Waals surface area contributed by atoms with Gasteiger partial charge in [-0.2, -0.15) is 0 Å². The van der Waals surface area contributed by atoms with Gasteiger partial charge in [0.1, 0.15) is 11.8 Å². The first-order valence-corrected chi connectivity index (χ1v) is 7.08. The summed E-state index contributed by atoms with van der Waals surface area (Å²) in [6.07, 6.45) is 0. The predicted octanol–water partition coefficient (Wildman–Crippen LogP) is -0.355. The maximum atomic E-state index is 12.3. The van der Waals surface area contributed by atoms with Crippen molar-refractivity contribution in [3.05, 3.63) is 29.8 Å². The van der Waals surface area contributed by atoms with Crippen LogP contribution in [0.1, 0.15) is 10.4 Å². The Labute approximate surface area is 128 Å². The Bertz CT molecular complexity index is 528. The van der Waals surface area contributed by atoms with Gasteiger partial charge in [-0.05, 0) is 18.2 Å². The summed E-state index contributed by atoms with van der Waals surface area (Å²) >= 11 is 0. The van der Waals surface area contributed by atoms with Crippen LogP contribution in [0.3, 0.4) is 0 Å². The van der Waals surface area contributed by atoms with Crippen LogP contribution in [-0.2, 0) is 9.53 Å². The number of carbonyl (C=O) groups excluding carboxylic acids is 2. The zero-order valence-electron chi connectivity index (χ0n) is 12.4. The number of nitrogens with one attached hydrogen (secondary N) is 1. The largest absolute Gasteiger partial charge is 0.497 e. The second-order valence-corrected chi connectivity index (χ2v) is 4.88. The lowest BCUT2D eigenvalue weighted by molar-refractivity contribution is -0.138. The Balaban J connectivity index is 2.02. The van der Waals surface area contributed by atoms with Crippen molar-refractivity contribution in [2.45, 2.75) is 6.04 Å². The predicted molar refractivity (Wildman–Crippen MR) is 78.7 cm³/mol. The second kappa shape index (κ2) is 7.77. The van der Waals surface area contributed by atoms with Gasteiger partial charge in [-0.25, -0.2) is 0 Å². The number of hydrogen-bond donors (Lipinski definition) is 2. The van der Waals surface area contributed by atoms with Crippen LogP contribution in [0.4, 0.5) is 0 Å². The van der Waals surface area contributed by atoms with E-state index < -0.39 is 18.6 Å². The molecule has 1 unspecified atom stereocenters. The number of aliphatic hydroxyl groups excluding tert-OH is 1. The van der Waals surface area contributed by atoms with E-state index in [1.54, 1.807) is 29.2 Å². The molecule has 1 aromatic rings. The first-order chi connectivity index (χ1) is 10.7. The molecule has 1 aliphatic heterocycles. The number of aliphatic hydroxyl groups is 1. The fourth-order valence-electron chi connectivity index (χ4n) is 2.20. The summed E-state index contributed by atoms with van der Waals surface area (Å²) in [6.45, 7) is 1.40. The molecular weight excluding hydrogens is 288 g/mol. The molecule has 22 heavy (non-hydrogen) atoms. The summed E-state index contributed by atoms with van der Waals surface area (Å²) in [5.41, 5.74) is 0.368. The molecular formula is C15H20N2O5. The third kappa shape index (κ3) is 3.96. The monoisotopic (exact) mass is 308 g/mol. The molecule has 120 valence electrons. The van der Waals surface area contributed by atoms with E-state index in [0.29, 0.717) is 37.6 Å². The van der Waals surface area contributed by atoms with Crippen molar-refractivity contribution in [2.24, 2.45) is 0 Å². The molecule has 0 saturated carbocycles. The molecule has 1 aliphatic rings. The molecule has 1 heterocycles. The molecule has 0 radical (unpaired) electrons. The quantitative estimate of drug-likeness (QED) is 0.776. The number of rotatable bonds is 5. The van der Waals surface area contributed by atoms with E-state index in [2.05, 4.69) is 5.32 Å². The second-order valence-electron chi connectivity index (χ2n) is 4.88. The molecule has 1 atom stereocenters. The number of nitrogens with zero attached hydrogens (tertiary/aromatic N) is 1. The molecule has 1 fully saturated rings. The summed E-state index contributed by atoms with van der Waals surface area (Å²) < 4.78 is 10.2. The first-order valence-electron chi connectivity index (χ1n) is 7.08. The van der Waals surface area contributed by atoms with Crippen molar-refractivity contribution in [1.29, 1.82) is 0 Å². The van der Waals surface area contributed by atoms with Gasteiger partial charge >= 0.3 is 0 Å². The van der Waals surface area contributed by atoms with E-state index >= 15 is 0 Å². The number of methoxy groups -OCH3 is 1. The van der Waals surface area contributed by atoms with Gasteiger partial charge in [0.05, 0.1) is 26.9 Å². The van der Waals surface area contributed by atoms with E-state index in [-0.39, 0.29) is 5.91 Å². The third-order valence-corrected chi connectivity index (χ3v) is 3.44. The Hall–Kier alpha value is -2.12. The molecule has 2 rings (SSSR count). The van der Waals surface area contributed by atoms with Crippen molar-refractivity contribution in [1.82, 2.24) is 10.2 Å². The highest BCUT2D eigenvalue weighted by Crippen LogP contribution is 2.12. The van der Waals surface area contributed by atoms with Gasteiger partial charge < -0.3 is 24.8 Å².